The van der Waals surface area contributed by atoms with E-state index in [0.717, 1.165) is 27.6 Å². The normalized spacial score (nSPS) is 12.9. The maximum absolute atomic E-state index is 12.9. The summed E-state index contributed by atoms with van der Waals surface area (Å²) >= 11 is 1.44. The summed E-state index contributed by atoms with van der Waals surface area (Å²) in [4.78, 5) is 22.8. The molecule has 0 radical (unpaired) electrons. The molecule has 0 spiro atoms. The number of hydrogen-bond acceptors (Lipinski definition) is 4. The van der Waals surface area contributed by atoms with E-state index in [-0.39, 0.29) is 23.9 Å². The summed E-state index contributed by atoms with van der Waals surface area (Å²) in [6.45, 7) is 12.3. The molecule has 5 nitrogen and oxygen atoms in total. The number of para-hydroxylation sites is 2. The number of thiazole rings is 1. The van der Waals surface area contributed by atoms with Crippen LogP contribution in [0.3, 0.4) is 0 Å². The minimum absolute atomic E-state index is 0.0748. The standard InChI is InChI=1S/C20H26N4OS/c1-11(2)17(23-20(25)18-13(5)21-14(6)26-18)19-22-15-9-7-8-10-16(15)24(19)12(3)4/h7-12,17H,1-6H3,(H,23,25)/t17-/m1/s1. The Bertz CT molecular complexity index is 939. The fourth-order valence-electron chi connectivity index (χ4n) is 3.30. The number of imidazole rings is 1. The molecule has 6 heteroatoms. The molecular formula is C20H26N4OS. The Balaban J connectivity index is 2.03. The van der Waals surface area contributed by atoms with Crippen LogP contribution in [0, 0.1) is 19.8 Å². The number of aryl methyl sites for hydroxylation is 2. The quantitative estimate of drug-likeness (QED) is 0.700. The molecule has 0 bridgehead atoms. The van der Waals surface area contributed by atoms with Crippen LogP contribution in [0.5, 0.6) is 0 Å². The summed E-state index contributed by atoms with van der Waals surface area (Å²) < 4.78 is 2.23. The first-order valence-electron chi connectivity index (χ1n) is 9.01. The van der Waals surface area contributed by atoms with Crippen LogP contribution in [0.25, 0.3) is 11.0 Å². The second-order valence-corrected chi connectivity index (χ2v) is 8.47. The number of aromatic nitrogens is 3. The third kappa shape index (κ3) is 3.38. The number of nitrogens with one attached hydrogen (secondary N) is 1. The average molecular weight is 371 g/mol. The van der Waals surface area contributed by atoms with Gasteiger partial charge >= 0.3 is 0 Å². The first-order chi connectivity index (χ1) is 12.3. The van der Waals surface area contributed by atoms with Crippen LogP contribution < -0.4 is 5.32 Å². The largest absolute Gasteiger partial charge is 0.341 e. The third-order valence-electron chi connectivity index (χ3n) is 4.48. The van der Waals surface area contributed by atoms with Gasteiger partial charge in [-0.3, -0.25) is 4.79 Å². The number of nitrogens with zero attached hydrogens (tertiary/aromatic N) is 3. The van der Waals surface area contributed by atoms with Gasteiger partial charge in [0.15, 0.2) is 0 Å². The van der Waals surface area contributed by atoms with Crippen molar-refractivity contribution in [3.05, 3.63) is 45.7 Å². The minimum Gasteiger partial charge on any atom is -0.341 e. The van der Waals surface area contributed by atoms with Crippen molar-refractivity contribution in [1.29, 1.82) is 0 Å². The smallest absolute Gasteiger partial charge is 0.263 e. The highest BCUT2D eigenvalue weighted by molar-refractivity contribution is 7.13. The molecule has 1 atom stereocenters. The molecule has 138 valence electrons. The number of benzene rings is 1. The molecule has 26 heavy (non-hydrogen) atoms. The summed E-state index contributed by atoms with van der Waals surface area (Å²) in [6.07, 6.45) is 0. The molecule has 1 aromatic carbocycles. The van der Waals surface area contributed by atoms with Crippen LogP contribution >= 0.6 is 11.3 Å². The van der Waals surface area contributed by atoms with Crippen molar-refractivity contribution in [2.45, 2.75) is 53.6 Å². The topological polar surface area (TPSA) is 59.8 Å². The Morgan fingerprint density at radius 2 is 1.81 bits per heavy atom. The van der Waals surface area contributed by atoms with Gasteiger partial charge in [0, 0.05) is 6.04 Å². The number of amides is 1. The molecule has 3 rings (SSSR count). The van der Waals surface area contributed by atoms with E-state index < -0.39 is 0 Å². The fraction of sp³-hybridized carbons (Fsp3) is 0.450. The molecule has 0 saturated heterocycles. The van der Waals surface area contributed by atoms with Crippen molar-refractivity contribution in [1.82, 2.24) is 19.9 Å². The number of rotatable bonds is 5. The van der Waals surface area contributed by atoms with E-state index in [1.54, 1.807) is 0 Å². The first-order valence-corrected chi connectivity index (χ1v) is 9.83. The van der Waals surface area contributed by atoms with Gasteiger partial charge < -0.3 is 9.88 Å². The lowest BCUT2D eigenvalue weighted by molar-refractivity contribution is 0.0925. The highest BCUT2D eigenvalue weighted by Gasteiger charge is 2.27. The fourth-order valence-corrected chi connectivity index (χ4v) is 4.13. The zero-order valence-corrected chi connectivity index (χ0v) is 17.0. The summed E-state index contributed by atoms with van der Waals surface area (Å²) in [7, 11) is 0. The molecular weight excluding hydrogens is 344 g/mol. The number of carbonyl (C=O) groups excluding carboxylic acids is 1. The van der Waals surface area contributed by atoms with Crippen LogP contribution in [-0.2, 0) is 0 Å². The summed E-state index contributed by atoms with van der Waals surface area (Å²) in [5, 5.41) is 4.11. The van der Waals surface area contributed by atoms with Crippen molar-refractivity contribution in [2.75, 3.05) is 0 Å². The predicted molar refractivity (Wildman–Crippen MR) is 107 cm³/mol. The van der Waals surface area contributed by atoms with Gasteiger partial charge in [0.25, 0.3) is 5.91 Å². The monoisotopic (exact) mass is 370 g/mol. The maximum Gasteiger partial charge on any atom is 0.263 e. The van der Waals surface area contributed by atoms with Gasteiger partial charge in [-0.25, -0.2) is 9.97 Å². The lowest BCUT2D eigenvalue weighted by Crippen LogP contribution is -2.34. The summed E-state index contributed by atoms with van der Waals surface area (Å²) in [5.41, 5.74) is 2.84. The Hall–Kier alpha value is -2.21. The highest BCUT2D eigenvalue weighted by Crippen LogP contribution is 2.29. The minimum atomic E-state index is -0.167. The SMILES string of the molecule is Cc1nc(C)c(C(=O)N[C@@H](c2nc3ccccc3n2C(C)C)C(C)C)s1. The third-order valence-corrected chi connectivity index (χ3v) is 5.55. The number of carbonyl (C=O) groups is 1. The maximum atomic E-state index is 12.9. The van der Waals surface area contributed by atoms with Gasteiger partial charge in [0.2, 0.25) is 0 Å². The van der Waals surface area contributed by atoms with Crippen LogP contribution in [0.4, 0.5) is 0 Å². The van der Waals surface area contributed by atoms with Crippen molar-refractivity contribution in [2.24, 2.45) is 5.92 Å². The molecule has 1 amide bonds. The molecule has 0 saturated carbocycles. The van der Waals surface area contributed by atoms with E-state index in [4.69, 9.17) is 4.98 Å². The molecule has 1 N–H and O–H groups in total. The molecule has 0 fully saturated rings. The van der Waals surface area contributed by atoms with Crippen molar-refractivity contribution in [3.63, 3.8) is 0 Å². The van der Waals surface area contributed by atoms with Gasteiger partial charge in [-0.1, -0.05) is 26.0 Å². The van der Waals surface area contributed by atoms with Crippen molar-refractivity contribution >= 4 is 28.3 Å². The van der Waals surface area contributed by atoms with Crippen LogP contribution in [-0.4, -0.2) is 20.4 Å². The highest BCUT2D eigenvalue weighted by atomic mass is 32.1. The number of hydrogen-bond donors (Lipinski definition) is 1. The molecule has 2 heterocycles. The van der Waals surface area contributed by atoms with Gasteiger partial charge in [-0.2, -0.15) is 0 Å². The molecule has 2 aromatic heterocycles. The lowest BCUT2D eigenvalue weighted by Gasteiger charge is -2.24. The number of fused-ring (bicyclic) bond motifs is 1. The lowest BCUT2D eigenvalue weighted by atomic mass is 10.0. The van der Waals surface area contributed by atoms with Crippen molar-refractivity contribution < 1.29 is 4.79 Å². The molecule has 3 aromatic rings. The van der Waals surface area contributed by atoms with Gasteiger partial charge in [0.1, 0.15) is 10.7 Å². The van der Waals surface area contributed by atoms with E-state index in [9.17, 15) is 4.79 Å². The first kappa shape index (κ1) is 18.6. The molecule has 0 aliphatic carbocycles. The van der Waals surface area contributed by atoms with Gasteiger partial charge in [-0.15, -0.1) is 11.3 Å². The predicted octanol–water partition coefficient (Wildman–Crippen LogP) is 4.82. The average Bonchev–Trinajstić information content (AvgIpc) is 3.11. The summed E-state index contributed by atoms with van der Waals surface area (Å²) in [6, 6.07) is 8.21. The zero-order chi connectivity index (χ0) is 19.0. The van der Waals surface area contributed by atoms with E-state index in [1.165, 1.54) is 11.3 Å². The van der Waals surface area contributed by atoms with Crippen LogP contribution in [0.1, 0.15) is 66.0 Å². The molecule has 0 unspecified atom stereocenters. The molecule has 0 aliphatic heterocycles. The van der Waals surface area contributed by atoms with E-state index >= 15 is 0 Å². The summed E-state index contributed by atoms with van der Waals surface area (Å²) in [5.74, 6) is 1.04. The second kappa shape index (κ2) is 7.19. The molecule has 0 aliphatic rings. The Kier molecular flexibility index (Phi) is 5.14. The van der Waals surface area contributed by atoms with E-state index in [2.05, 4.69) is 48.6 Å². The van der Waals surface area contributed by atoms with E-state index in [0.29, 0.717) is 4.88 Å². The second-order valence-electron chi connectivity index (χ2n) is 7.27. The Labute approximate surface area is 158 Å². The zero-order valence-electron chi connectivity index (χ0n) is 16.2. The van der Waals surface area contributed by atoms with Gasteiger partial charge in [-0.05, 0) is 45.7 Å². The Morgan fingerprint density at radius 1 is 1.12 bits per heavy atom. The van der Waals surface area contributed by atoms with Crippen LogP contribution in [0.15, 0.2) is 24.3 Å². The van der Waals surface area contributed by atoms with Gasteiger partial charge in [0.05, 0.1) is 27.8 Å². The van der Waals surface area contributed by atoms with Crippen molar-refractivity contribution in [3.8, 4) is 0 Å². The Morgan fingerprint density at radius 3 is 2.38 bits per heavy atom. The van der Waals surface area contributed by atoms with E-state index in [1.807, 2.05) is 32.0 Å². The van der Waals surface area contributed by atoms with Crippen LogP contribution in [0.2, 0.25) is 0 Å².